The lowest BCUT2D eigenvalue weighted by molar-refractivity contribution is 0.586. The first-order valence-electron chi connectivity index (χ1n) is 8.55. The fourth-order valence-corrected chi connectivity index (χ4v) is 3.06. The molecule has 1 heterocycles. The van der Waals surface area contributed by atoms with Crippen molar-refractivity contribution >= 4 is 17.7 Å². The van der Waals surface area contributed by atoms with Gasteiger partial charge in [-0.3, -0.25) is 0 Å². The van der Waals surface area contributed by atoms with Crippen LogP contribution in [0.15, 0.2) is 5.16 Å². The highest BCUT2D eigenvalue weighted by Gasteiger charge is 2.04. The highest BCUT2D eigenvalue weighted by molar-refractivity contribution is 7.99. The second-order valence-electron chi connectivity index (χ2n) is 5.53. The molecule has 0 unspecified atom stereocenters. The van der Waals surface area contributed by atoms with Crippen LogP contribution < -0.4 is 11.1 Å². The quantitative estimate of drug-likeness (QED) is 0.424. The van der Waals surface area contributed by atoms with E-state index in [1.807, 2.05) is 6.92 Å². The van der Waals surface area contributed by atoms with Crippen molar-refractivity contribution in [3.63, 3.8) is 0 Å². The van der Waals surface area contributed by atoms with Crippen molar-refractivity contribution in [3.8, 4) is 0 Å². The minimum absolute atomic E-state index is 0.575. The van der Waals surface area contributed by atoms with Crippen molar-refractivity contribution in [2.24, 2.45) is 5.73 Å². The lowest BCUT2D eigenvalue weighted by atomic mass is 10.1. The third-order valence-electron chi connectivity index (χ3n) is 3.38. The zero-order chi connectivity index (χ0) is 16.0. The maximum atomic E-state index is 5.48. The van der Waals surface area contributed by atoms with E-state index in [0.29, 0.717) is 19.0 Å². The van der Waals surface area contributed by atoms with Gasteiger partial charge in [0.1, 0.15) is 5.82 Å². The van der Waals surface area contributed by atoms with Crippen molar-refractivity contribution in [1.82, 2.24) is 15.0 Å². The topological polar surface area (TPSA) is 76.7 Å². The lowest BCUT2D eigenvalue weighted by Crippen LogP contribution is -2.15. The lowest BCUT2D eigenvalue weighted by Gasteiger charge is -2.06. The Balaban J connectivity index is 2.15. The molecule has 0 radical (unpaired) electrons. The van der Waals surface area contributed by atoms with Crippen LogP contribution in [-0.4, -0.2) is 33.8 Å². The molecule has 0 aliphatic rings. The Bertz CT molecular complexity index is 400. The summed E-state index contributed by atoms with van der Waals surface area (Å²) in [6.45, 7) is 5.42. The third kappa shape index (κ3) is 9.20. The van der Waals surface area contributed by atoms with Crippen LogP contribution in [0.3, 0.4) is 0 Å². The number of hydrogen-bond acceptors (Lipinski definition) is 6. The van der Waals surface area contributed by atoms with E-state index < -0.39 is 0 Å². The highest BCUT2D eigenvalue weighted by Crippen LogP contribution is 2.17. The average Bonchev–Trinajstić information content (AvgIpc) is 2.51. The normalized spacial score (nSPS) is 10.9. The first kappa shape index (κ1) is 19.2. The summed E-state index contributed by atoms with van der Waals surface area (Å²) in [5.74, 6) is 2.47. The van der Waals surface area contributed by atoms with Gasteiger partial charge in [-0.25, -0.2) is 4.98 Å². The predicted molar refractivity (Wildman–Crippen MR) is 95.4 cm³/mol. The molecule has 0 aromatic carbocycles. The Morgan fingerprint density at radius 2 is 1.64 bits per heavy atom. The van der Waals surface area contributed by atoms with Crippen LogP contribution in [0, 0.1) is 6.92 Å². The van der Waals surface area contributed by atoms with E-state index in [9.17, 15) is 0 Å². The van der Waals surface area contributed by atoms with Gasteiger partial charge in [0.2, 0.25) is 5.95 Å². The van der Waals surface area contributed by atoms with E-state index in [4.69, 9.17) is 5.73 Å². The molecular weight excluding hydrogens is 294 g/mol. The second kappa shape index (κ2) is 12.6. The molecule has 5 nitrogen and oxygen atoms in total. The van der Waals surface area contributed by atoms with Crippen molar-refractivity contribution in [2.75, 3.05) is 24.2 Å². The molecule has 1 rings (SSSR count). The summed E-state index contributed by atoms with van der Waals surface area (Å²) < 4.78 is 0. The maximum absolute atomic E-state index is 5.48. The van der Waals surface area contributed by atoms with E-state index in [2.05, 4.69) is 27.2 Å². The molecule has 0 bridgehead atoms. The molecule has 6 heteroatoms. The standard InChI is InChI=1S/C16H31N5S/c1-3-4-5-6-7-8-9-10-13-22-16-20-14(2)19-15(21-16)18-12-11-17/h3-13,17H2,1-2H3,(H,18,19,20,21). The molecule has 0 atom stereocenters. The number of nitrogens with one attached hydrogen (secondary N) is 1. The highest BCUT2D eigenvalue weighted by atomic mass is 32.2. The third-order valence-corrected chi connectivity index (χ3v) is 4.32. The monoisotopic (exact) mass is 325 g/mol. The molecule has 0 saturated heterocycles. The summed E-state index contributed by atoms with van der Waals surface area (Å²) in [5, 5.41) is 3.92. The Morgan fingerprint density at radius 3 is 2.32 bits per heavy atom. The van der Waals surface area contributed by atoms with Crippen molar-refractivity contribution < 1.29 is 0 Å². The SMILES string of the molecule is CCCCCCCCCCSc1nc(C)nc(NCCN)n1. The zero-order valence-corrected chi connectivity index (χ0v) is 14.9. The van der Waals surface area contributed by atoms with Crippen LogP contribution in [-0.2, 0) is 0 Å². The van der Waals surface area contributed by atoms with Gasteiger partial charge in [-0.2, -0.15) is 9.97 Å². The molecule has 3 N–H and O–H groups in total. The van der Waals surface area contributed by atoms with Gasteiger partial charge < -0.3 is 11.1 Å². The molecule has 0 spiro atoms. The van der Waals surface area contributed by atoms with E-state index in [1.54, 1.807) is 11.8 Å². The van der Waals surface area contributed by atoms with Crippen LogP contribution in [0.5, 0.6) is 0 Å². The van der Waals surface area contributed by atoms with E-state index in [0.717, 1.165) is 16.7 Å². The summed E-state index contributed by atoms with van der Waals surface area (Å²) >= 11 is 1.72. The molecule has 0 amide bonds. The first-order valence-corrected chi connectivity index (χ1v) is 9.54. The number of nitrogens with two attached hydrogens (primary N) is 1. The Kier molecular flexibility index (Phi) is 11.0. The molecule has 0 saturated carbocycles. The minimum atomic E-state index is 0.575. The smallest absolute Gasteiger partial charge is 0.226 e. The Hall–Kier alpha value is -0.880. The van der Waals surface area contributed by atoms with Crippen LogP contribution in [0.1, 0.15) is 64.1 Å². The fraction of sp³-hybridized carbons (Fsp3) is 0.812. The van der Waals surface area contributed by atoms with Gasteiger partial charge in [0, 0.05) is 18.8 Å². The average molecular weight is 326 g/mol. The van der Waals surface area contributed by atoms with E-state index in [-0.39, 0.29) is 0 Å². The molecule has 22 heavy (non-hydrogen) atoms. The number of aryl methyl sites for hydroxylation is 1. The summed E-state index contributed by atoms with van der Waals surface area (Å²) in [6.07, 6.45) is 10.8. The molecule has 0 fully saturated rings. The molecule has 0 aliphatic heterocycles. The van der Waals surface area contributed by atoms with Gasteiger partial charge in [-0.15, -0.1) is 0 Å². The maximum Gasteiger partial charge on any atom is 0.226 e. The molecule has 1 aromatic rings. The van der Waals surface area contributed by atoms with Crippen LogP contribution >= 0.6 is 11.8 Å². The van der Waals surface area contributed by atoms with Crippen molar-refractivity contribution in [2.45, 2.75) is 70.4 Å². The molecule has 1 aromatic heterocycles. The van der Waals surface area contributed by atoms with Gasteiger partial charge in [-0.1, -0.05) is 63.6 Å². The van der Waals surface area contributed by atoms with Crippen molar-refractivity contribution in [3.05, 3.63) is 5.82 Å². The number of nitrogens with zero attached hydrogens (tertiary/aromatic N) is 3. The van der Waals surface area contributed by atoms with Crippen LogP contribution in [0.2, 0.25) is 0 Å². The largest absolute Gasteiger partial charge is 0.353 e. The number of hydrogen-bond donors (Lipinski definition) is 2. The summed E-state index contributed by atoms with van der Waals surface area (Å²) in [7, 11) is 0. The van der Waals surface area contributed by atoms with Gasteiger partial charge in [-0.05, 0) is 13.3 Å². The first-order chi connectivity index (χ1) is 10.8. The predicted octanol–water partition coefficient (Wildman–Crippen LogP) is 3.78. The van der Waals surface area contributed by atoms with Crippen molar-refractivity contribution in [1.29, 1.82) is 0 Å². The number of rotatable bonds is 13. The second-order valence-corrected chi connectivity index (χ2v) is 6.59. The molecule has 126 valence electrons. The van der Waals surface area contributed by atoms with Crippen LogP contribution in [0.4, 0.5) is 5.95 Å². The van der Waals surface area contributed by atoms with Gasteiger partial charge >= 0.3 is 0 Å². The van der Waals surface area contributed by atoms with Crippen LogP contribution in [0.25, 0.3) is 0 Å². The zero-order valence-electron chi connectivity index (χ0n) is 14.1. The number of thioether (sulfide) groups is 1. The summed E-state index contributed by atoms with van der Waals surface area (Å²) in [4.78, 5) is 13.1. The number of unbranched alkanes of at least 4 members (excludes halogenated alkanes) is 7. The Morgan fingerprint density at radius 1 is 0.955 bits per heavy atom. The number of aromatic nitrogens is 3. The summed E-state index contributed by atoms with van der Waals surface area (Å²) in [6, 6.07) is 0. The fourth-order valence-electron chi connectivity index (χ4n) is 2.18. The number of anilines is 1. The Labute approximate surface area is 139 Å². The van der Waals surface area contributed by atoms with Gasteiger partial charge in [0.05, 0.1) is 0 Å². The van der Waals surface area contributed by atoms with E-state index in [1.165, 1.54) is 51.4 Å². The van der Waals surface area contributed by atoms with Gasteiger partial charge in [0.15, 0.2) is 5.16 Å². The minimum Gasteiger partial charge on any atom is -0.353 e. The van der Waals surface area contributed by atoms with E-state index >= 15 is 0 Å². The molecule has 0 aliphatic carbocycles. The molecular formula is C16H31N5S. The summed E-state index contributed by atoms with van der Waals surface area (Å²) in [5.41, 5.74) is 5.48. The van der Waals surface area contributed by atoms with Gasteiger partial charge in [0.25, 0.3) is 0 Å².